The molecule has 0 saturated carbocycles. The van der Waals surface area contributed by atoms with E-state index in [1.807, 2.05) is 41.6 Å². The molecule has 0 bridgehead atoms. The molecule has 1 aliphatic rings. The highest BCUT2D eigenvalue weighted by Crippen LogP contribution is 2.16. The highest BCUT2D eigenvalue weighted by molar-refractivity contribution is 5.75. The van der Waals surface area contributed by atoms with Crippen LogP contribution in [0.1, 0.15) is 11.1 Å². The average Bonchev–Trinajstić information content (AvgIpc) is 3.27. The van der Waals surface area contributed by atoms with Crippen molar-refractivity contribution in [2.24, 2.45) is 0 Å². The number of carbonyl (C=O) groups is 1. The molecule has 162 valence electrons. The summed E-state index contributed by atoms with van der Waals surface area (Å²) in [5.41, 5.74) is 5.59. The van der Waals surface area contributed by atoms with Gasteiger partial charge >= 0.3 is 6.03 Å². The number of benzene rings is 2. The van der Waals surface area contributed by atoms with E-state index >= 15 is 0 Å². The Morgan fingerprint density at radius 2 is 1.59 bits per heavy atom. The zero-order valence-electron chi connectivity index (χ0n) is 17.9. The van der Waals surface area contributed by atoms with Crippen LogP contribution in [0.15, 0.2) is 79.4 Å². The van der Waals surface area contributed by atoms with Gasteiger partial charge in [-0.25, -0.2) is 9.78 Å². The van der Waals surface area contributed by atoms with Gasteiger partial charge in [0.1, 0.15) is 0 Å². The number of aromatic nitrogens is 3. The fraction of sp³-hybridized carbons (Fsp3) is 0.240. The maximum Gasteiger partial charge on any atom is 0.317 e. The first kappa shape index (κ1) is 20.1. The fourth-order valence-corrected chi connectivity index (χ4v) is 4.11. The van der Waals surface area contributed by atoms with Crippen molar-refractivity contribution in [3.8, 4) is 0 Å². The third kappa shape index (κ3) is 4.42. The quantitative estimate of drug-likeness (QED) is 0.530. The molecule has 7 nitrogen and oxygen atoms in total. The van der Waals surface area contributed by atoms with Crippen LogP contribution in [0.25, 0.3) is 11.0 Å². The lowest BCUT2D eigenvalue weighted by Gasteiger charge is -2.36. The van der Waals surface area contributed by atoms with Gasteiger partial charge < -0.3 is 19.7 Å². The maximum atomic E-state index is 12.6. The van der Waals surface area contributed by atoms with Crippen molar-refractivity contribution >= 4 is 22.8 Å². The van der Waals surface area contributed by atoms with Gasteiger partial charge in [-0.2, -0.15) is 0 Å². The molecule has 4 aromatic rings. The zero-order chi connectivity index (χ0) is 21.8. The highest BCUT2D eigenvalue weighted by Gasteiger charge is 2.21. The Morgan fingerprint density at radius 3 is 2.38 bits per heavy atom. The standard InChI is InChI=1S/C25H26N6O/c32-25(30-15-13-29(14-16-30)22-9-11-26-12-10-22)27-17-20-5-7-21(8-6-20)18-31-19-28-23-3-1-2-4-24(23)31/h1-12,19H,13-18H2,(H,27,32). The van der Waals surface area contributed by atoms with Crippen LogP contribution in [0.2, 0.25) is 0 Å². The minimum absolute atomic E-state index is 0.00617. The molecule has 0 aliphatic carbocycles. The van der Waals surface area contributed by atoms with Crippen molar-refractivity contribution in [3.05, 3.63) is 90.5 Å². The summed E-state index contributed by atoms with van der Waals surface area (Å²) in [7, 11) is 0. The molecule has 0 unspecified atom stereocenters. The minimum Gasteiger partial charge on any atom is -0.368 e. The fourth-order valence-electron chi connectivity index (χ4n) is 4.11. The lowest BCUT2D eigenvalue weighted by atomic mass is 10.1. The molecule has 2 aromatic heterocycles. The normalized spacial score (nSPS) is 14.0. The van der Waals surface area contributed by atoms with E-state index in [0.29, 0.717) is 19.6 Å². The average molecular weight is 427 g/mol. The van der Waals surface area contributed by atoms with Crippen LogP contribution in [0, 0.1) is 0 Å². The van der Waals surface area contributed by atoms with Gasteiger partial charge in [-0.15, -0.1) is 0 Å². The molecule has 1 aliphatic heterocycles. The first-order valence-corrected chi connectivity index (χ1v) is 10.9. The lowest BCUT2D eigenvalue weighted by molar-refractivity contribution is 0.194. The molecular weight excluding hydrogens is 400 g/mol. The molecule has 1 saturated heterocycles. The number of anilines is 1. The van der Waals surface area contributed by atoms with Crippen molar-refractivity contribution in [2.75, 3.05) is 31.1 Å². The van der Waals surface area contributed by atoms with Gasteiger partial charge in [0.25, 0.3) is 0 Å². The SMILES string of the molecule is O=C(NCc1ccc(Cn2cnc3ccccc32)cc1)N1CCN(c2ccncc2)CC1. The van der Waals surface area contributed by atoms with E-state index in [4.69, 9.17) is 0 Å². The van der Waals surface area contributed by atoms with Gasteiger partial charge in [0.05, 0.1) is 17.4 Å². The lowest BCUT2D eigenvalue weighted by Crippen LogP contribution is -2.51. The van der Waals surface area contributed by atoms with Crippen molar-refractivity contribution in [1.82, 2.24) is 24.8 Å². The predicted octanol–water partition coefficient (Wildman–Crippen LogP) is 3.51. The second-order valence-corrected chi connectivity index (χ2v) is 8.02. The van der Waals surface area contributed by atoms with Crippen molar-refractivity contribution in [1.29, 1.82) is 0 Å². The zero-order valence-corrected chi connectivity index (χ0v) is 17.9. The second kappa shape index (κ2) is 9.09. The summed E-state index contributed by atoms with van der Waals surface area (Å²) in [5.74, 6) is 0. The summed E-state index contributed by atoms with van der Waals surface area (Å²) < 4.78 is 2.15. The molecule has 0 spiro atoms. The largest absolute Gasteiger partial charge is 0.368 e. The van der Waals surface area contributed by atoms with E-state index in [0.717, 1.165) is 41.9 Å². The molecule has 0 atom stereocenters. The number of nitrogens with one attached hydrogen (secondary N) is 1. The summed E-state index contributed by atoms with van der Waals surface area (Å²) in [6.45, 7) is 4.38. The molecule has 5 rings (SSSR count). The van der Waals surface area contributed by atoms with E-state index < -0.39 is 0 Å². The number of carbonyl (C=O) groups excluding carboxylic acids is 1. The van der Waals surface area contributed by atoms with Gasteiger partial charge in [-0.3, -0.25) is 4.98 Å². The Bertz CT molecular complexity index is 1180. The molecule has 32 heavy (non-hydrogen) atoms. The second-order valence-electron chi connectivity index (χ2n) is 8.02. The molecule has 7 heteroatoms. The van der Waals surface area contributed by atoms with Gasteiger partial charge in [0.2, 0.25) is 0 Å². The molecule has 1 N–H and O–H groups in total. The number of urea groups is 1. The van der Waals surface area contributed by atoms with E-state index in [9.17, 15) is 4.79 Å². The molecule has 2 aromatic carbocycles. The van der Waals surface area contributed by atoms with Crippen LogP contribution in [0.4, 0.5) is 10.5 Å². The number of nitrogens with zero attached hydrogens (tertiary/aromatic N) is 5. The number of piperazine rings is 1. The Balaban J connectivity index is 1.12. The molecule has 3 heterocycles. The van der Waals surface area contributed by atoms with Crippen molar-refractivity contribution in [2.45, 2.75) is 13.1 Å². The first-order valence-electron chi connectivity index (χ1n) is 10.9. The number of hydrogen-bond donors (Lipinski definition) is 1. The minimum atomic E-state index is -0.00617. The molecule has 0 radical (unpaired) electrons. The van der Waals surface area contributed by atoms with Gasteiger partial charge in [-0.05, 0) is 35.4 Å². The summed E-state index contributed by atoms with van der Waals surface area (Å²) in [4.78, 5) is 25.3. The topological polar surface area (TPSA) is 66.3 Å². The van der Waals surface area contributed by atoms with Crippen molar-refractivity contribution < 1.29 is 4.79 Å². The number of para-hydroxylation sites is 2. The van der Waals surface area contributed by atoms with Crippen molar-refractivity contribution in [3.63, 3.8) is 0 Å². The van der Waals surface area contributed by atoms with Crippen LogP contribution >= 0.6 is 0 Å². The predicted molar refractivity (Wildman–Crippen MR) is 126 cm³/mol. The maximum absolute atomic E-state index is 12.6. The van der Waals surface area contributed by atoms with Crippen LogP contribution in [-0.2, 0) is 13.1 Å². The number of amides is 2. The molecule has 2 amide bonds. The molecular formula is C25H26N6O. The van der Waals surface area contributed by atoms with Crippen LogP contribution in [0.5, 0.6) is 0 Å². The van der Waals surface area contributed by atoms with E-state index in [1.54, 1.807) is 12.4 Å². The van der Waals surface area contributed by atoms with Crippen LogP contribution in [0.3, 0.4) is 0 Å². The number of rotatable bonds is 5. The Labute approximate surface area is 187 Å². The number of fused-ring (bicyclic) bond motifs is 1. The van der Waals surface area contributed by atoms with Gasteiger partial charge in [0.15, 0.2) is 0 Å². The first-order chi connectivity index (χ1) is 15.8. The third-order valence-corrected chi connectivity index (χ3v) is 5.94. The Morgan fingerprint density at radius 1 is 0.875 bits per heavy atom. The number of hydrogen-bond acceptors (Lipinski definition) is 4. The summed E-state index contributed by atoms with van der Waals surface area (Å²) in [6, 6.07) is 20.5. The Kier molecular flexibility index (Phi) is 5.70. The van der Waals surface area contributed by atoms with Crippen LogP contribution in [-0.4, -0.2) is 51.6 Å². The molecule has 1 fully saturated rings. The monoisotopic (exact) mass is 426 g/mol. The van der Waals surface area contributed by atoms with E-state index in [2.05, 4.69) is 55.1 Å². The summed E-state index contributed by atoms with van der Waals surface area (Å²) in [6.07, 6.45) is 5.49. The number of imidazole rings is 1. The highest BCUT2D eigenvalue weighted by atomic mass is 16.2. The summed E-state index contributed by atoms with van der Waals surface area (Å²) >= 11 is 0. The number of pyridine rings is 1. The summed E-state index contributed by atoms with van der Waals surface area (Å²) in [5, 5.41) is 3.06. The Hall–Kier alpha value is -3.87. The smallest absolute Gasteiger partial charge is 0.317 e. The van der Waals surface area contributed by atoms with E-state index in [-0.39, 0.29) is 6.03 Å². The van der Waals surface area contributed by atoms with Crippen LogP contribution < -0.4 is 10.2 Å². The van der Waals surface area contributed by atoms with E-state index in [1.165, 1.54) is 5.56 Å². The third-order valence-electron chi connectivity index (χ3n) is 5.94. The van der Waals surface area contributed by atoms with Gasteiger partial charge in [-0.1, -0.05) is 36.4 Å². The van der Waals surface area contributed by atoms with Gasteiger partial charge in [0, 0.05) is 57.3 Å².